The Morgan fingerprint density at radius 3 is 2.57 bits per heavy atom. The molecule has 1 atom stereocenters. The summed E-state index contributed by atoms with van der Waals surface area (Å²) in [6.07, 6.45) is 6.70. The molecule has 0 aliphatic heterocycles. The predicted octanol–water partition coefficient (Wildman–Crippen LogP) is 3.42. The zero-order valence-electron chi connectivity index (χ0n) is 12.5. The first kappa shape index (κ1) is 15.7. The minimum Gasteiger partial charge on any atom is -0.383 e. The van der Waals surface area contributed by atoms with Crippen LogP contribution in [0.25, 0.3) is 6.08 Å². The summed E-state index contributed by atoms with van der Waals surface area (Å²) in [5, 5.41) is 15.8. The number of benzene rings is 1. The van der Waals surface area contributed by atoms with Crippen molar-refractivity contribution < 1.29 is 5.11 Å². The molecule has 21 heavy (non-hydrogen) atoms. The minimum absolute atomic E-state index is 0.331. The molecule has 4 nitrogen and oxygen atoms in total. The molecule has 1 aromatic heterocycles. The molecule has 0 fully saturated rings. The number of aromatic nitrogens is 3. The third kappa shape index (κ3) is 3.71. The molecule has 0 saturated heterocycles. The smallest absolute Gasteiger partial charge is 0.137 e. The van der Waals surface area contributed by atoms with Crippen LogP contribution in [0.3, 0.4) is 0 Å². The van der Waals surface area contributed by atoms with E-state index < -0.39 is 5.60 Å². The molecule has 2 rings (SSSR count). The van der Waals surface area contributed by atoms with Crippen LogP contribution in [0.15, 0.2) is 43.0 Å². The molecule has 0 aliphatic rings. The topological polar surface area (TPSA) is 50.9 Å². The lowest BCUT2D eigenvalue weighted by atomic mass is 9.76. The van der Waals surface area contributed by atoms with E-state index in [1.54, 1.807) is 17.1 Å². The van der Waals surface area contributed by atoms with Crippen molar-refractivity contribution in [3.63, 3.8) is 0 Å². The molecule has 2 aromatic rings. The fraction of sp³-hybridized carbons (Fsp3) is 0.375. The van der Waals surface area contributed by atoms with Gasteiger partial charge in [-0.2, -0.15) is 5.10 Å². The molecule has 0 radical (unpaired) electrons. The normalized spacial score (nSPS) is 15.3. The van der Waals surface area contributed by atoms with E-state index in [1.165, 1.54) is 6.33 Å². The van der Waals surface area contributed by atoms with E-state index in [4.69, 9.17) is 11.6 Å². The van der Waals surface area contributed by atoms with Gasteiger partial charge in [-0.1, -0.05) is 62.7 Å². The van der Waals surface area contributed by atoms with E-state index in [1.807, 2.05) is 51.1 Å². The van der Waals surface area contributed by atoms with Gasteiger partial charge in [-0.25, -0.2) is 9.67 Å². The first-order valence-electron chi connectivity index (χ1n) is 6.80. The van der Waals surface area contributed by atoms with Crippen molar-refractivity contribution in [2.24, 2.45) is 5.41 Å². The average molecular weight is 306 g/mol. The molecule has 0 amide bonds. The van der Waals surface area contributed by atoms with Gasteiger partial charge in [-0.05, 0) is 17.0 Å². The second-order valence-electron chi connectivity index (χ2n) is 6.12. The van der Waals surface area contributed by atoms with Crippen molar-refractivity contribution >= 4 is 17.7 Å². The lowest BCUT2D eigenvalue weighted by Crippen LogP contribution is -2.44. The maximum Gasteiger partial charge on any atom is 0.137 e. The Morgan fingerprint density at radius 2 is 2.00 bits per heavy atom. The van der Waals surface area contributed by atoms with Gasteiger partial charge < -0.3 is 5.11 Å². The number of halogens is 1. The van der Waals surface area contributed by atoms with Gasteiger partial charge in [0.25, 0.3) is 0 Å². The van der Waals surface area contributed by atoms with E-state index in [2.05, 4.69) is 10.1 Å². The van der Waals surface area contributed by atoms with E-state index in [0.29, 0.717) is 11.6 Å². The second kappa shape index (κ2) is 6.00. The van der Waals surface area contributed by atoms with Crippen LogP contribution in [-0.4, -0.2) is 25.5 Å². The van der Waals surface area contributed by atoms with Crippen LogP contribution >= 0.6 is 11.6 Å². The van der Waals surface area contributed by atoms with E-state index in [0.717, 1.165) is 5.56 Å². The van der Waals surface area contributed by atoms with Gasteiger partial charge in [0.15, 0.2) is 0 Å². The molecule has 0 spiro atoms. The van der Waals surface area contributed by atoms with Crippen LogP contribution in [0.1, 0.15) is 26.3 Å². The van der Waals surface area contributed by atoms with Crippen LogP contribution in [0.5, 0.6) is 0 Å². The van der Waals surface area contributed by atoms with Crippen LogP contribution in [-0.2, 0) is 6.54 Å². The van der Waals surface area contributed by atoms with Gasteiger partial charge in [-0.3, -0.25) is 0 Å². The highest BCUT2D eigenvalue weighted by Crippen LogP contribution is 2.34. The molecule has 112 valence electrons. The third-order valence-electron chi connectivity index (χ3n) is 3.61. The lowest BCUT2D eigenvalue weighted by Gasteiger charge is -2.37. The highest BCUT2D eigenvalue weighted by atomic mass is 35.5. The predicted molar refractivity (Wildman–Crippen MR) is 84.9 cm³/mol. The van der Waals surface area contributed by atoms with Gasteiger partial charge in [0.05, 0.1) is 6.54 Å². The molecule has 5 heteroatoms. The fourth-order valence-corrected chi connectivity index (χ4v) is 2.14. The molecule has 1 aromatic carbocycles. The molecule has 0 aliphatic carbocycles. The maximum atomic E-state index is 11.1. The third-order valence-corrected chi connectivity index (χ3v) is 3.96. The monoisotopic (exact) mass is 305 g/mol. The molecule has 0 bridgehead atoms. The first-order chi connectivity index (χ1) is 9.82. The van der Waals surface area contributed by atoms with Gasteiger partial charge in [0.1, 0.15) is 18.3 Å². The molecular weight excluding hydrogens is 286 g/mol. The summed E-state index contributed by atoms with van der Waals surface area (Å²) in [7, 11) is 0. The Hall–Kier alpha value is -1.65. The molecule has 1 N–H and O–H groups in total. The first-order valence-corrected chi connectivity index (χ1v) is 7.18. The molecule has 1 unspecified atom stereocenters. The molecule has 1 heterocycles. The van der Waals surface area contributed by atoms with Crippen LogP contribution in [0.2, 0.25) is 5.02 Å². The summed E-state index contributed by atoms with van der Waals surface area (Å²) in [6.45, 7) is 6.29. The fourth-order valence-electron chi connectivity index (χ4n) is 1.94. The van der Waals surface area contributed by atoms with E-state index in [9.17, 15) is 5.11 Å². The number of rotatable bonds is 4. The van der Waals surface area contributed by atoms with Crippen molar-refractivity contribution in [1.82, 2.24) is 14.8 Å². The summed E-state index contributed by atoms with van der Waals surface area (Å²) >= 11 is 6.15. The van der Waals surface area contributed by atoms with Gasteiger partial charge in [-0.15, -0.1) is 0 Å². The largest absolute Gasteiger partial charge is 0.383 e. The Kier molecular flexibility index (Phi) is 4.49. The van der Waals surface area contributed by atoms with Crippen molar-refractivity contribution in [3.05, 3.63) is 53.6 Å². The lowest BCUT2D eigenvalue weighted by molar-refractivity contribution is -0.0297. The van der Waals surface area contributed by atoms with Gasteiger partial charge >= 0.3 is 0 Å². The summed E-state index contributed by atoms with van der Waals surface area (Å²) in [4.78, 5) is 3.92. The summed E-state index contributed by atoms with van der Waals surface area (Å²) in [5.74, 6) is 0. The number of aliphatic hydroxyl groups is 1. The van der Waals surface area contributed by atoms with E-state index in [-0.39, 0.29) is 5.41 Å². The van der Waals surface area contributed by atoms with E-state index >= 15 is 0 Å². The Bertz CT molecular complexity index is 617. The quantitative estimate of drug-likeness (QED) is 0.941. The van der Waals surface area contributed by atoms with Crippen LogP contribution < -0.4 is 0 Å². The Balaban J connectivity index is 2.31. The number of hydrogen-bond acceptors (Lipinski definition) is 3. The zero-order valence-corrected chi connectivity index (χ0v) is 13.2. The number of nitrogens with zero attached hydrogens (tertiary/aromatic N) is 3. The van der Waals surface area contributed by atoms with Gasteiger partial charge in [0.2, 0.25) is 0 Å². The summed E-state index contributed by atoms with van der Waals surface area (Å²) in [5.41, 5.74) is -0.559. The highest BCUT2D eigenvalue weighted by Gasteiger charge is 2.38. The van der Waals surface area contributed by atoms with Crippen molar-refractivity contribution in [2.45, 2.75) is 32.9 Å². The summed E-state index contributed by atoms with van der Waals surface area (Å²) in [6, 6.07) is 7.54. The van der Waals surface area contributed by atoms with Crippen LogP contribution in [0, 0.1) is 5.41 Å². The maximum absolute atomic E-state index is 11.1. The van der Waals surface area contributed by atoms with Crippen molar-refractivity contribution in [3.8, 4) is 0 Å². The molecular formula is C16H20ClN3O. The Morgan fingerprint density at radius 1 is 1.29 bits per heavy atom. The second-order valence-corrected chi connectivity index (χ2v) is 6.53. The van der Waals surface area contributed by atoms with Crippen molar-refractivity contribution in [1.29, 1.82) is 0 Å². The SMILES string of the molecule is CC(C)(C)C(O)(/C=C/c1ccccc1Cl)Cn1cncn1. The van der Waals surface area contributed by atoms with Gasteiger partial charge in [0, 0.05) is 5.02 Å². The Labute approximate surface area is 130 Å². The average Bonchev–Trinajstić information content (AvgIpc) is 2.89. The van der Waals surface area contributed by atoms with Crippen molar-refractivity contribution in [2.75, 3.05) is 0 Å². The highest BCUT2D eigenvalue weighted by molar-refractivity contribution is 6.32. The minimum atomic E-state index is -1.07. The number of hydrogen-bond donors (Lipinski definition) is 1. The summed E-state index contributed by atoms with van der Waals surface area (Å²) < 4.78 is 1.63. The van der Waals surface area contributed by atoms with Crippen LogP contribution in [0.4, 0.5) is 0 Å². The zero-order chi connectivity index (χ0) is 15.5. The molecule has 0 saturated carbocycles. The standard InChI is InChI=1S/C16H20ClN3O/c1-15(2,3)16(21,10-20-12-18-11-19-20)9-8-13-6-4-5-7-14(13)17/h4-9,11-12,21H,10H2,1-3H3/b9-8+.